The quantitative estimate of drug-likeness (QED) is 0.879. The van der Waals surface area contributed by atoms with Crippen molar-refractivity contribution in [3.05, 3.63) is 35.9 Å². The van der Waals surface area contributed by atoms with E-state index in [0.717, 1.165) is 6.42 Å². The summed E-state index contributed by atoms with van der Waals surface area (Å²) in [4.78, 5) is 24.0. The molecule has 1 saturated carbocycles. The molecule has 0 aliphatic heterocycles. The van der Waals surface area contributed by atoms with E-state index < -0.39 is 16.8 Å². The number of carboxylic acids is 1. The molecular weight excluding hydrogens is 278 g/mol. The fraction of sp³-hybridized carbons (Fsp3) is 0.556. The second-order valence-electron chi connectivity index (χ2n) is 6.98. The van der Waals surface area contributed by atoms with Crippen LogP contribution in [0.3, 0.4) is 0 Å². The van der Waals surface area contributed by atoms with Crippen molar-refractivity contribution < 1.29 is 14.7 Å². The molecule has 2 atom stereocenters. The zero-order valence-electron chi connectivity index (χ0n) is 13.6. The van der Waals surface area contributed by atoms with Gasteiger partial charge in [0.2, 0.25) is 5.91 Å². The lowest BCUT2D eigenvalue weighted by Crippen LogP contribution is -2.45. The van der Waals surface area contributed by atoms with Gasteiger partial charge in [0.15, 0.2) is 0 Å². The number of carboxylic acid groups (broad SMARTS) is 1. The smallest absolute Gasteiger partial charge is 0.309 e. The summed E-state index contributed by atoms with van der Waals surface area (Å²) in [6.07, 6.45) is 1.97. The highest BCUT2D eigenvalue weighted by atomic mass is 16.4. The number of carbonyl (C=O) groups excluding carboxylic acids is 1. The maximum absolute atomic E-state index is 12.5. The minimum Gasteiger partial charge on any atom is -0.481 e. The Kier molecular flexibility index (Phi) is 4.59. The SMILES string of the molecule is CC1(C)[C@@H](C(=O)NCCc2ccccc2)CC[C@@]1(C)C(=O)O. The molecule has 2 rings (SSSR count). The highest BCUT2D eigenvalue weighted by Gasteiger charge is 2.58. The summed E-state index contributed by atoms with van der Waals surface area (Å²) in [6.45, 7) is 6.14. The van der Waals surface area contributed by atoms with Gasteiger partial charge in [-0.3, -0.25) is 9.59 Å². The van der Waals surface area contributed by atoms with E-state index in [1.807, 2.05) is 44.2 Å². The summed E-state index contributed by atoms with van der Waals surface area (Å²) in [5.41, 5.74) is -0.201. The third kappa shape index (κ3) is 2.87. The first kappa shape index (κ1) is 16.5. The fourth-order valence-corrected chi connectivity index (χ4v) is 3.44. The molecule has 4 nitrogen and oxygen atoms in total. The number of hydrogen-bond donors (Lipinski definition) is 2. The number of nitrogens with one attached hydrogen (secondary N) is 1. The molecule has 0 aromatic heterocycles. The van der Waals surface area contributed by atoms with Gasteiger partial charge in [0.05, 0.1) is 5.41 Å². The van der Waals surface area contributed by atoms with Crippen LogP contribution in [0.2, 0.25) is 0 Å². The molecule has 1 amide bonds. The van der Waals surface area contributed by atoms with Crippen LogP contribution >= 0.6 is 0 Å². The van der Waals surface area contributed by atoms with Gasteiger partial charge in [-0.15, -0.1) is 0 Å². The lowest BCUT2D eigenvalue weighted by molar-refractivity contribution is -0.155. The van der Waals surface area contributed by atoms with Gasteiger partial charge in [0.25, 0.3) is 0 Å². The van der Waals surface area contributed by atoms with Crippen LogP contribution in [0.1, 0.15) is 39.2 Å². The van der Waals surface area contributed by atoms with Gasteiger partial charge in [-0.2, -0.15) is 0 Å². The highest BCUT2D eigenvalue weighted by Crippen LogP contribution is 2.56. The van der Waals surface area contributed by atoms with Crippen LogP contribution in [0.15, 0.2) is 30.3 Å². The third-order valence-corrected chi connectivity index (χ3v) is 5.57. The van der Waals surface area contributed by atoms with E-state index in [2.05, 4.69) is 5.32 Å². The molecule has 1 aromatic carbocycles. The maximum atomic E-state index is 12.5. The van der Waals surface area contributed by atoms with Crippen LogP contribution in [0, 0.1) is 16.7 Å². The number of hydrogen-bond acceptors (Lipinski definition) is 2. The van der Waals surface area contributed by atoms with Gasteiger partial charge in [-0.25, -0.2) is 0 Å². The van der Waals surface area contributed by atoms with Gasteiger partial charge < -0.3 is 10.4 Å². The average molecular weight is 303 g/mol. The Bertz CT molecular complexity index is 553. The molecule has 0 unspecified atom stereocenters. The van der Waals surface area contributed by atoms with E-state index in [0.29, 0.717) is 19.4 Å². The largest absolute Gasteiger partial charge is 0.481 e. The van der Waals surface area contributed by atoms with Crippen molar-refractivity contribution >= 4 is 11.9 Å². The molecule has 0 spiro atoms. The van der Waals surface area contributed by atoms with Crippen molar-refractivity contribution in [1.82, 2.24) is 5.32 Å². The molecule has 0 radical (unpaired) electrons. The first-order valence-electron chi connectivity index (χ1n) is 7.84. The fourth-order valence-electron chi connectivity index (χ4n) is 3.44. The normalized spacial score (nSPS) is 26.6. The summed E-state index contributed by atoms with van der Waals surface area (Å²) in [6, 6.07) is 10.0. The van der Waals surface area contributed by atoms with Gasteiger partial charge in [-0.05, 0) is 37.2 Å². The molecular formula is C18H25NO3. The molecule has 120 valence electrons. The Labute approximate surface area is 131 Å². The molecule has 4 heteroatoms. The summed E-state index contributed by atoms with van der Waals surface area (Å²) in [7, 11) is 0. The molecule has 1 aliphatic rings. The van der Waals surface area contributed by atoms with Gasteiger partial charge in [0, 0.05) is 12.5 Å². The Hall–Kier alpha value is -1.84. The third-order valence-electron chi connectivity index (χ3n) is 5.57. The Balaban J connectivity index is 1.95. The van der Waals surface area contributed by atoms with E-state index in [1.54, 1.807) is 6.92 Å². The minimum atomic E-state index is -0.839. The zero-order chi connectivity index (χ0) is 16.4. The van der Waals surface area contributed by atoms with Crippen LogP contribution in [0.25, 0.3) is 0 Å². The van der Waals surface area contributed by atoms with Gasteiger partial charge in [0.1, 0.15) is 0 Å². The van der Waals surface area contributed by atoms with Crippen molar-refractivity contribution in [2.24, 2.45) is 16.7 Å². The number of amides is 1. The first-order chi connectivity index (χ1) is 10.3. The molecule has 1 aromatic rings. The second kappa shape index (κ2) is 6.11. The van der Waals surface area contributed by atoms with Crippen molar-refractivity contribution in [2.45, 2.75) is 40.0 Å². The predicted octanol–water partition coefficient (Wildman–Crippen LogP) is 2.87. The van der Waals surface area contributed by atoms with Crippen molar-refractivity contribution in [3.63, 3.8) is 0 Å². The summed E-state index contributed by atoms with van der Waals surface area (Å²) >= 11 is 0. The first-order valence-corrected chi connectivity index (χ1v) is 7.84. The molecule has 0 saturated heterocycles. The van der Waals surface area contributed by atoms with E-state index >= 15 is 0 Å². The average Bonchev–Trinajstić information content (AvgIpc) is 2.72. The molecule has 0 heterocycles. The maximum Gasteiger partial charge on any atom is 0.309 e. The predicted molar refractivity (Wildman–Crippen MR) is 85.4 cm³/mol. The van der Waals surface area contributed by atoms with E-state index in [4.69, 9.17) is 0 Å². The van der Waals surface area contributed by atoms with Crippen LogP contribution in [-0.4, -0.2) is 23.5 Å². The summed E-state index contributed by atoms with van der Waals surface area (Å²) in [5.74, 6) is -1.08. The molecule has 1 fully saturated rings. The Morgan fingerprint density at radius 3 is 2.41 bits per heavy atom. The zero-order valence-corrected chi connectivity index (χ0v) is 13.6. The Morgan fingerprint density at radius 2 is 1.86 bits per heavy atom. The van der Waals surface area contributed by atoms with Crippen LogP contribution in [0.4, 0.5) is 0 Å². The van der Waals surface area contributed by atoms with Crippen molar-refractivity contribution in [2.75, 3.05) is 6.54 Å². The van der Waals surface area contributed by atoms with Gasteiger partial charge >= 0.3 is 5.97 Å². The number of benzene rings is 1. The number of carbonyl (C=O) groups is 2. The summed E-state index contributed by atoms with van der Waals surface area (Å²) < 4.78 is 0. The molecule has 22 heavy (non-hydrogen) atoms. The van der Waals surface area contributed by atoms with Gasteiger partial charge in [-0.1, -0.05) is 44.2 Å². The topological polar surface area (TPSA) is 66.4 Å². The van der Waals surface area contributed by atoms with Crippen LogP contribution < -0.4 is 5.32 Å². The lowest BCUT2D eigenvalue weighted by Gasteiger charge is -2.37. The highest BCUT2D eigenvalue weighted by molar-refractivity contribution is 5.83. The minimum absolute atomic E-state index is 0.0223. The lowest BCUT2D eigenvalue weighted by atomic mass is 9.65. The van der Waals surface area contributed by atoms with Crippen LogP contribution in [-0.2, 0) is 16.0 Å². The summed E-state index contributed by atoms with van der Waals surface area (Å²) in [5, 5.41) is 12.5. The van der Waals surface area contributed by atoms with Crippen molar-refractivity contribution in [3.8, 4) is 0 Å². The van der Waals surface area contributed by atoms with E-state index in [-0.39, 0.29) is 11.8 Å². The van der Waals surface area contributed by atoms with Crippen LogP contribution in [0.5, 0.6) is 0 Å². The molecule has 0 bridgehead atoms. The van der Waals surface area contributed by atoms with Crippen molar-refractivity contribution in [1.29, 1.82) is 0 Å². The second-order valence-corrected chi connectivity index (χ2v) is 6.98. The monoisotopic (exact) mass is 303 g/mol. The Morgan fingerprint density at radius 1 is 1.23 bits per heavy atom. The molecule has 1 aliphatic carbocycles. The standard InChI is InChI=1S/C18H25NO3/c1-17(2)14(9-11-18(17,3)16(21)22)15(20)19-12-10-13-7-5-4-6-8-13/h4-8,14H,9-12H2,1-3H3,(H,19,20)(H,21,22)/t14-,18+/m1/s1. The number of rotatable bonds is 5. The van der Waals surface area contributed by atoms with E-state index in [9.17, 15) is 14.7 Å². The molecule has 2 N–H and O–H groups in total. The number of aliphatic carboxylic acids is 1. The van der Waals surface area contributed by atoms with E-state index in [1.165, 1.54) is 5.56 Å².